The maximum atomic E-state index is 8.95. The molecule has 0 amide bonds. The molecule has 0 saturated carbocycles. The first kappa shape index (κ1) is 14.6. The zero-order chi connectivity index (χ0) is 15.2. The molecule has 21 heavy (non-hydrogen) atoms. The summed E-state index contributed by atoms with van der Waals surface area (Å²) in [6.07, 6.45) is 3.59. The standard InChI is InChI=1S/C14H15N5O2/c1-20-13-11(7-10(8-15)9-16)12(17-14(18-13)21-2)19-5-3-4-6-19/h7H,3-6H2,1-2H3. The molecule has 0 aliphatic carbocycles. The molecule has 2 heterocycles. The molecule has 7 nitrogen and oxygen atoms in total. The molecule has 1 fully saturated rings. The van der Waals surface area contributed by atoms with Gasteiger partial charge < -0.3 is 14.4 Å². The van der Waals surface area contributed by atoms with Crippen molar-refractivity contribution in [3.63, 3.8) is 0 Å². The van der Waals surface area contributed by atoms with Crippen molar-refractivity contribution in [2.45, 2.75) is 12.8 Å². The summed E-state index contributed by atoms with van der Waals surface area (Å²) in [6.45, 7) is 1.72. The molecule has 0 aromatic carbocycles. The fraction of sp³-hybridized carbons (Fsp3) is 0.429. The van der Waals surface area contributed by atoms with Gasteiger partial charge in [-0.3, -0.25) is 0 Å². The molecular formula is C14H15N5O2. The van der Waals surface area contributed by atoms with Crippen molar-refractivity contribution in [2.24, 2.45) is 0 Å². The van der Waals surface area contributed by atoms with E-state index in [2.05, 4.69) is 14.9 Å². The van der Waals surface area contributed by atoms with Gasteiger partial charge in [-0.05, 0) is 18.9 Å². The van der Waals surface area contributed by atoms with Crippen molar-refractivity contribution in [1.82, 2.24) is 9.97 Å². The lowest BCUT2D eigenvalue weighted by Crippen LogP contribution is -2.21. The summed E-state index contributed by atoms with van der Waals surface area (Å²) in [4.78, 5) is 10.5. The summed E-state index contributed by atoms with van der Waals surface area (Å²) in [5.41, 5.74) is 0.501. The summed E-state index contributed by atoms with van der Waals surface area (Å²) in [7, 11) is 2.96. The van der Waals surface area contributed by atoms with Crippen LogP contribution in [-0.4, -0.2) is 37.3 Å². The molecule has 0 unspecified atom stereocenters. The number of rotatable bonds is 4. The van der Waals surface area contributed by atoms with Gasteiger partial charge in [0.15, 0.2) is 0 Å². The lowest BCUT2D eigenvalue weighted by atomic mass is 10.2. The van der Waals surface area contributed by atoms with Crippen molar-refractivity contribution in [2.75, 3.05) is 32.2 Å². The molecule has 0 bridgehead atoms. The van der Waals surface area contributed by atoms with Crippen LogP contribution in [0.4, 0.5) is 5.82 Å². The monoisotopic (exact) mass is 285 g/mol. The number of anilines is 1. The second kappa shape index (κ2) is 6.58. The van der Waals surface area contributed by atoms with E-state index in [1.165, 1.54) is 20.3 Å². The van der Waals surface area contributed by atoms with E-state index in [9.17, 15) is 0 Å². The van der Waals surface area contributed by atoms with E-state index in [-0.39, 0.29) is 17.5 Å². The van der Waals surface area contributed by atoms with E-state index in [4.69, 9.17) is 20.0 Å². The Morgan fingerprint density at radius 2 is 1.81 bits per heavy atom. The van der Waals surface area contributed by atoms with E-state index < -0.39 is 0 Å². The fourth-order valence-corrected chi connectivity index (χ4v) is 2.20. The average molecular weight is 285 g/mol. The van der Waals surface area contributed by atoms with Gasteiger partial charge in [0.2, 0.25) is 5.88 Å². The van der Waals surface area contributed by atoms with Crippen LogP contribution in [0.25, 0.3) is 6.08 Å². The molecule has 7 heteroatoms. The van der Waals surface area contributed by atoms with Gasteiger partial charge >= 0.3 is 6.01 Å². The quantitative estimate of drug-likeness (QED) is 0.774. The van der Waals surface area contributed by atoms with E-state index in [1.807, 2.05) is 12.1 Å². The van der Waals surface area contributed by atoms with Gasteiger partial charge in [-0.15, -0.1) is 0 Å². The van der Waals surface area contributed by atoms with E-state index in [1.54, 1.807) is 0 Å². The van der Waals surface area contributed by atoms with Gasteiger partial charge in [0.25, 0.3) is 0 Å². The van der Waals surface area contributed by atoms with E-state index in [0.717, 1.165) is 25.9 Å². The van der Waals surface area contributed by atoms with Crippen LogP contribution < -0.4 is 14.4 Å². The van der Waals surface area contributed by atoms with Gasteiger partial charge in [-0.1, -0.05) is 0 Å². The van der Waals surface area contributed by atoms with E-state index in [0.29, 0.717) is 11.4 Å². The Kier molecular flexibility index (Phi) is 4.57. The van der Waals surface area contributed by atoms with Crippen LogP contribution in [0.2, 0.25) is 0 Å². The number of ether oxygens (including phenoxy) is 2. The second-order valence-electron chi connectivity index (χ2n) is 4.43. The van der Waals surface area contributed by atoms with Crippen LogP contribution in [-0.2, 0) is 0 Å². The molecule has 2 rings (SSSR count). The summed E-state index contributed by atoms with van der Waals surface area (Å²) < 4.78 is 10.3. The predicted molar refractivity (Wildman–Crippen MR) is 75.8 cm³/mol. The zero-order valence-corrected chi connectivity index (χ0v) is 12.0. The summed E-state index contributed by atoms with van der Waals surface area (Å²) in [5, 5.41) is 17.9. The summed E-state index contributed by atoms with van der Waals surface area (Å²) in [6, 6.07) is 3.87. The first-order valence-corrected chi connectivity index (χ1v) is 6.50. The minimum Gasteiger partial charge on any atom is -0.480 e. The Bertz CT molecular complexity index is 620. The van der Waals surface area contributed by atoms with Crippen LogP contribution in [0.3, 0.4) is 0 Å². The highest BCUT2D eigenvalue weighted by molar-refractivity contribution is 5.74. The Balaban J connectivity index is 2.61. The molecule has 1 aliphatic heterocycles. The maximum absolute atomic E-state index is 8.95. The molecule has 1 saturated heterocycles. The van der Waals surface area contributed by atoms with Crippen LogP contribution in [0, 0.1) is 22.7 Å². The average Bonchev–Trinajstić information content (AvgIpc) is 3.06. The first-order chi connectivity index (χ1) is 10.2. The highest BCUT2D eigenvalue weighted by Crippen LogP contribution is 2.32. The minimum absolute atomic E-state index is 0.0255. The van der Waals surface area contributed by atoms with Gasteiger partial charge in [-0.2, -0.15) is 20.5 Å². The Morgan fingerprint density at radius 3 is 2.33 bits per heavy atom. The van der Waals surface area contributed by atoms with Gasteiger partial charge in [0.05, 0.1) is 19.8 Å². The topological polar surface area (TPSA) is 95.1 Å². The fourth-order valence-electron chi connectivity index (χ4n) is 2.20. The van der Waals surface area contributed by atoms with Crippen molar-refractivity contribution in [1.29, 1.82) is 10.5 Å². The summed E-state index contributed by atoms with van der Waals surface area (Å²) in [5.74, 6) is 0.908. The molecule has 1 aliphatic rings. The highest BCUT2D eigenvalue weighted by atomic mass is 16.5. The van der Waals surface area contributed by atoms with Crippen LogP contribution in [0.5, 0.6) is 11.9 Å². The van der Waals surface area contributed by atoms with Crippen LogP contribution >= 0.6 is 0 Å². The van der Waals surface area contributed by atoms with Gasteiger partial charge in [0.1, 0.15) is 23.5 Å². The Labute approximate surface area is 123 Å². The molecule has 0 spiro atoms. The Hall–Kier alpha value is -2.80. The molecule has 1 aromatic rings. The predicted octanol–water partition coefficient (Wildman–Crippen LogP) is 1.52. The minimum atomic E-state index is -0.0255. The van der Waals surface area contributed by atoms with E-state index >= 15 is 0 Å². The van der Waals surface area contributed by atoms with Crippen LogP contribution in [0.15, 0.2) is 5.57 Å². The molecule has 108 valence electrons. The third-order valence-electron chi connectivity index (χ3n) is 3.18. The number of nitrogens with zero attached hydrogens (tertiary/aromatic N) is 5. The van der Waals surface area contributed by atoms with Crippen molar-refractivity contribution >= 4 is 11.9 Å². The molecule has 0 N–H and O–H groups in total. The number of aromatic nitrogens is 2. The lowest BCUT2D eigenvalue weighted by molar-refractivity contribution is 0.351. The largest absolute Gasteiger partial charge is 0.480 e. The third-order valence-corrected chi connectivity index (χ3v) is 3.18. The van der Waals surface area contributed by atoms with Crippen molar-refractivity contribution < 1.29 is 9.47 Å². The number of hydrogen-bond acceptors (Lipinski definition) is 7. The number of hydrogen-bond donors (Lipinski definition) is 0. The van der Waals surface area contributed by atoms with Crippen molar-refractivity contribution in [3.05, 3.63) is 11.1 Å². The molecule has 0 radical (unpaired) electrons. The normalized spacial score (nSPS) is 13.2. The first-order valence-electron chi connectivity index (χ1n) is 6.50. The van der Waals surface area contributed by atoms with Crippen molar-refractivity contribution in [3.8, 4) is 24.0 Å². The maximum Gasteiger partial charge on any atom is 0.321 e. The van der Waals surface area contributed by atoms with Gasteiger partial charge in [-0.25, -0.2) is 0 Å². The number of methoxy groups -OCH3 is 2. The SMILES string of the molecule is COc1nc(OC)c(C=C(C#N)C#N)c(N2CCCC2)n1. The van der Waals surface area contributed by atoms with Crippen LogP contribution in [0.1, 0.15) is 18.4 Å². The Morgan fingerprint density at radius 1 is 1.14 bits per heavy atom. The smallest absolute Gasteiger partial charge is 0.321 e. The highest BCUT2D eigenvalue weighted by Gasteiger charge is 2.22. The second-order valence-corrected chi connectivity index (χ2v) is 4.43. The summed E-state index contributed by atoms with van der Waals surface area (Å²) >= 11 is 0. The van der Waals surface area contributed by atoms with Gasteiger partial charge in [0, 0.05) is 13.1 Å². The lowest BCUT2D eigenvalue weighted by Gasteiger charge is -2.20. The zero-order valence-electron chi connectivity index (χ0n) is 12.0. The third kappa shape index (κ3) is 3.03. The molecule has 0 atom stereocenters. The number of nitriles is 2. The number of allylic oxidation sites excluding steroid dienone is 1. The molecular weight excluding hydrogens is 270 g/mol. The molecule has 1 aromatic heterocycles.